The lowest BCUT2D eigenvalue weighted by Crippen LogP contribution is -2.32. The number of rotatable bonds is 1. The molecule has 1 amide bonds. The maximum absolute atomic E-state index is 12.3. The van der Waals surface area contributed by atoms with Gasteiger partial charge in [0.25, 0.3) is 5.91 Å². The molecule has 0 saturated heterocycles. The van der Waals surface area contributed by atoms with Gasteiger partial charge in [-0.1, -0.05) is 12.1 Å². The lowest BCUT2D eigenvalue weighted by molar-refractivity contribution is 0.0710. The molecule has 1 aliphatic rings. The largest absolute Gasteiger partial charge is 0.295 e. The Morgan fingerprint density at radius 2 is 2.18 bits per heavy atom. The van der Waals surface area contributed by atoms with Gasteiger partial charge in [-0.25, -0.2) is 5.01 Å². The van der Waals surface area contributed by atoms with Crippen LogP contribution in [0.1, 0.15) is 29.9 Å². The minimum absolute atomic E-state index is 0.0137. The van der Waals surface area contributed by atoms with Crippen LogP contribution >= 0.6 is 0 Å². The normalized spacial score (nSPS) is 14.8. The third-order valence-electron chi connectivity index (χ3n) is 2.84. The summed E-state index contributed by atoms with van der Waals surface area (Å²) < 4.78 is 0. The quantitative estimate of drug-likeness (QED) is 0.808. The highest BCUT2D eigenvalue weighted by Gasteiger charge is 2.26. The highest BCUT2D eigenvalue weighted by Crippen LogP contribution is 2.24. The van der Waals surface area contributed by atoms with E-state index >= 15 is 0 Å². The maximum Gasteiger partial charge on any atom is 0.295 e. The van der Waals surface area contributed by atoms with E-state index in [9.17, 15) is 4.79 Å². The van der Waals surface area contributed by atoms with Gasteiger partial charge in [0, 0.05) is 10.9 Å². The van der Waals surface area contributed by atoms with Crippen molar-refractivity contribution in [2.24, 2.45) is 5.10 Å². The standard InChI is InChI=1S/C12H12N4O/c1-7(2)16-12(17)11-10-8(6-13-16)4-3-5-9(10)14-15-11/h3-7H,1-2H3,(H,14,15). The molecule has 3 rings (SSSR count). The van der Waals surface area contributed by atoms with Crippen LogP contribution in [0.4, 0.5) is 0 Å². The molecule has 0 unspecified atom stereocenters. The van der Waals surface area contributed by atoms with E-state index in [2.05, 4.69) is 15.3 Å². The third-order valence-corrected chi connectivity index (χ3v) is 2.84. The predicted molar refractivity (Wildman–Crippen MR) is 65.0 cm³/mol. The summed E-state index contributed by atoms with van der Waals surface area (Å²) in [6, 6.07) is 5.77. The number of aromatic nitrogens is 2. The molecule has 2 aromatic rings. The van der Waals surface area contributed by atoms with E-state index < -0.39 is 0 Å². The summed E-state index contributed by atoms with van der Waals surface area (Å²) in [4.78, 5) is 12.3. The minimum Gasteiger partial charge on any atom is -0.277 e. The Bertz CT molecular complexity index is 626. The highest BCUT2D eigenvalue weighted by molar-refractivity contribution is 6.12. The van der Waals surface area contributed by atoms with E-state index in [1.807, 2.05) is 32.0 Å². The molecule has 0 radical (unpaired) electrons. The summed E-state index contributed by atoms with van der Waals surface area (Å²) in [5.41, 5.74) is 2.23. The van der Waals surface area contributed by atoms with Crippen LogP contribution in [0, 0.1) is 0 Å². The van der Waals surface area contributed by atoms with Gasteiger partial charge in [-0.15, -0.1) is 0 Å². The smallest absolute Gasteiger partial charge is 0.277 e. The Morgan fingerprint density at radius 3 is 2.94 bits per heavy atom. The lowest BCUT2D eigenvalue weighted by Gasteiger charge is -2.18. The zero-order valence-electron chi connectivity index (χ0n) is 9.64. The van der Waals surface area contributed by atoms with Gasteiger partial charge in [0.2, 0.25) is 0 Å². The molecule has 1 aromatic carbocycles. The summed E-state index contributed by atoms with van der Waals surface area (Å²) in [6.07, 6.45) is 1.71. The summed E-state index contributed by atoms with van der Waals surface area (Å²) >= 11 is 0. The Labute approximate surface area is 98.1 Å². The van der Waals surface area contributed by atoms with E-state index in [4.69, 9.17) is 0 Å². The third kappa shape index (κ3) is 1.35. The van der Waals surface area contributed by atoms with Crippen molar-refractivity contribution in [2.75, 3.05) is 0 Å². The number of carbonyl (C=O) groups is 1. The van der Waals surface area contributed by atoms with E-state index in [-0.39, 0.29) is 11.9 Å². The first-order chi connectivity index (χ1) is 8.18. The first-order valence-electron chi connectivity index (χ1n) is 5.53. The number of hydrazone groups is 1. The molecule has 0 bridgehead atoms. The second kappa shape index (κ2) is 3.41. The maximum atomic E-state index is 12.3. The van der Waals surface area contributed by atoms with Gasteiger partial charge in [0.15, 0.2) is 5.69 Å². The molecule has 1 aliphatic heterocycles. The van der Waals surface area contributed by atoms with Crippen LogP contribution < -0.4 is 0 Å². The number of nitrogens with one attached hydrogen (secondary N) is 1. The molecule has 86 valence electrons. The van der Waals surface area contributed by atoms with E-state index in [0.717, 1.165) is 16.5 Å². The van der Waals surface area contributed by atoms with E-state index in [1.54, 1.807) is 6.21 Å². The number of benzene rings is 1. The summed E-state index contributed by atoms with van der Waals surface area (Å²) in [5, 5.41) is 13.5. The number of amides is 1. The van der Waals surface area contributed by atoms with Gasteiger partial charge >= 0.3 is 0 Å². The average Bonchev–Trinajstić information content (AvgIpc) is 2.66. The van der Waals surface area contributed by atoms with Crippen molar-refractivity contribution in [2.45, 2.75) is 19.9 Å². The molecule has 1 aromatic heterocycles. The monoisotopic (exact) mass is 228 g/mol. The molecular formula is C12H12N4O. The molecule has 2 heterocycles. The number of hydrogen-bond donors (Lipinski definition) is 1. The van der Waals surface area contributed by atoms with Gasteiger partial charge in [-0.2, -0.15) is 10.2 Å². The van der Waals surface area contributed by atoms with Gasteiger partial charge in [-0.05, 0) is 19.9 Å². The zero-order chi connectivity index (χ0) is 12.0. The topological polar surface area (TPSA) is 61.4 Å². The van der Waals surface area contributed by atoms with Gasteiger partial charge < -0.3 is 0 Å². The molecule has 0 spiro atoms. The fraction of sp³-hybridized carbons (Fsp3) is 0.250. The van der Waals surface area contributed by atoms with Crippen molar-refractivity contribution in [1.82, 2.24) is 15.2 Å². The first-order valence-corrected chi connectivity index (χ1v) is 5.53. The molecule has 0 atom stereocenters. The van der Waals surface area contributed by atoms with Crippen molar-refractivity contribution in [3.8, 4) is 0 Å². The van der Waals surface area contributed by atoms with Crippen LogP contribution in [0.5, 0.6) is 0 Å². The zero-order valence-corrected chi connectivity index (χ0v) is 9.64. The molecule has 17 heavy (non-hydrogen) atoms. The van der Waals surface area contributed by atoms with Crippen LogP contribution in [0.15, 0.2) is 23.3 Å². The average molecular weight is 228 g/mol. The fourth-order valence-electron chi connectivity index (χ4n) is 2.02. The molecule has 5 heteroatoms. The summed E-state index contributed by atoms with van der Waals surface area (Å²) in [7, 11) is 0. The Hall–Kier alpha value is -2.17. The Balaban J connectivity index is 2.30. The van der Waals surface area contributed by atoms with Crippen molar-refractivity contribution in [1.29, 1.82) is 0 Å². The van der Waals surface area contributed by atoms with Gasteiger partial charge in [0.1, 0.15) is 0 Å². The van der Waals surface area contributed by atoms with E-state index in [0.29, 0.717) is 5.69 Å². The second-order valence-corrected chi connectivity index (χ2v) is 4.33. The van der Waals surface area contributed by atoms with Crippen molar-refractivity contribution < 1.29 is 4.79 Å². The summed E-state index contributed by atoms with van der Waals surface area (Å²) in [5.74, 6) is -0.160. The number of H-pyrrole nitrogens is 1. The van der Waals surface area contributed by atoms with Crippen molar-refractivity contribution in [3.05, 3.63) is 29.5 Å². The number of aromatic amines is 1. The minimum atomic E-state index is -0.160. The SMILES string of the molecule is CC(C)N1N=Cc2cccc3[nH]nc(c23)C1=O. The van der Waals surface area contributed by atoms with Crippen LogP contribution in [0.25, 0.3) is 10.9 Å². The number of carbonyl (C=O) groups excluding carboxylic acids is 1. The highest BCUT2D eigenvalue weighted by atomic mass is 16.2. The van der Waals surface area contributed by atoms with Crippen LogP contribution in [-0.4, -0.2) is 33.4 Å². The van der Waals surface area contributed by atoms with Crippen LogP contribution in [-0.2, 0) is 0 Å². The van der Waals surface area contributed by atoms with Crippen LogP contribution in [0.3, 0.4) is 0 Å². The molecule has 1 N–H and O–H groups in total. The lowest BCUT2D eigenvalue weighted by atomic mass is 10.1. The number of nitrogens with zero attached hydrogens (tertiary/aromatic N) is 3. The van der Waals surface area contributed by atoms with Gasteiger partial charge in [-0.3, -0.25) is 9.89 Å². The van der Waals surface area contributed by atoms with E-state index in [1.165, 1.54) is 5.01 Å². The van der Waals surface area contributed by atoms with Crippen molar-refractivity contribution in [3.63, 3.8) is 0 Å². The molecular weight excluding hydrogens is 216 g/mol. The molecule has 0 fully saturated rings. The van der Waals surface area contributed by atoms with Crippen molar-refractivity contribution >= 4 is 23.0 Å². The Kier molecular flexibility index (Phi) is 2.01. The predicted octanol–water partition coefficient (Wildman–Crippen LogP) is 1.76. The first kappa shape index (κ1) is 10.0. The molecule has 5 nitrogen and oxygen atoms in total. The fourth-order valence-corrected chi connectivity index (χ4v) is 2.02. The van der Waals surface area contributed by atoms with Gasteiger partial charge in [0.05, 0.1) is 17.8 Å². The molecule has 0 aliphatic carbocycles. The molecule has 0 saturated carbocycles. The van der Waals surface area contributed by atoms with Crippen LogP contribution in [0.2, 0.25) is 0 Å². The summed E-state index contributed by atoms with van der Waals surface area (Å²) in [6.45, 7) is 3.85. The Morgan fingerprint density at radius 1 is 1.35 bits per heavy atom. The second-order valence-electron chi connectivity index (χ2n) is 4.33. The number of hydrogen-bond acceptors (Lipinski definition) is 3.